The normalized spacial score (nSPS) is 16.7. The number of piperazine rings is 1. The summed E-state index contributed by atoms with van der Waals surface area (Å²) in [7, 11) is 1.63. The van der Waals surface area contributed by atoms with E-state index in [1.807, 2.05) is 4.90 Å². The number of amides is 1. The Morgan fingerprint density at radius 2 is 2.00 bits per heavy atom. The maximum absolute atomic E-state index is 11.6. The van der Waals surface area contributed by atoms with Crippen LogP contribution in [-0.2, 0) is 14.3 Å². The second-order valence-electron chi connectivity index (χ2n) is 3.49. The van der Waals surface area contributed by atoms with E-state index in [1.54, 1.807) is 7.11 Å². The molecule has 5 nitrogen and oxygen atoms in total. The number of nitrogens with zero attached hydrogens (tertiary/aromatic N) is 1. The van der Waals surface area contributed by atoms with E-state index in [9.17, 15) is 4.79 Å². The summed E-state index contributed by atoms with van der Waals surface area (Å²) >= 11 is 0. The molecule has 0 bridgehead atoms. The largest absolute Gasteiger partial charge is 0.382 e. The van der Waals surface area contributed by atoms with E-state index in [0.717, 1.165) is 26.2 Å². The molecule has 15 heavy (non-hydrogen) atoms. The molecule has 5 heteroatoms. The quantitative estimate of drug-likeness (QED) is 0.607. The molecule has 88 valence electrons. The molecule has 1 aliphatic heterocycles. The van der Waals surface area contributed by atoms with Crippen LogP contribution in [0.5, 0.6) is 0 Å². The van der Waals surface area contributed by atoms with Crippen LogP contribution in [-0.4, -0.2) is 63.9 Å². The zero-order valence-corrected chi connectivity index (χ0v) is 9.33. The number of ether oxygens (including phenoxy) is 2. The number of hydrogen-bond donors (Lipinski definition) is 1. The summed E-state index contributed by atoms with van der Waals surface area (Å²) in [4.78, 5) is 13.5. The van der Waals surface area contributed by atoms with Crippen LogP contribution in [0.2, 0.25) is 0 Å². The first-order valence-electron chi connectivity index (χ1n) is 5.40. The van der Waals surface area contributed by atoms with E-state index in [-0.39, 0.29) is 5.91 Å². The van der Waals surface area contributed by atoms with Crippen LogP contribution in [0.1, 0.15) is 6.42 Å². The van der Waals surface area contributed by atoms with Crippen molar-refractivity contribution in [3.05, 3.63) is 0 Å². The van der Waals surface area contributed by atoms with Crippen molar-refractivity contribution in [3.8, 4) is 0 Å². The highest BCUT2D eigenvalue weighted by atomic mass is 16.5. The fraction of sp³-hybridized carbons (Fsp3) is 0.900. The van der Waals surface area contributed by atoms with Crippen LogP contribution in [0.25, 0.3) is 0 Å². The summed E-state index contributed by atoms with van der Waals surface area (Å²) in [6.45, 7) is 5.07. The van der Waals surface area contributed by atoms with Gasteiger partial charge in [-0.3, -0.25) is 4.79 Å². The first kappa shape index (κ1) is 12.4. The zero-order valence-electron chi connectivity index (χ0n) is 9.33. The summed E-state index contributed by atoms with van der Waals surface area (Å²) in [6, 6.07) is 0. The first-order valence-corrected chi connectivity index (χ1v) is 5.40. The molecule has 0 aliphatic carbocycles. The van der Waals surface area contributed by atoms with Gasteiger partial charge in [-0.05, 0) is 0 Å². The summed E-state index contributed by atoms with van der Waals surface area (Å²) < 4.78 is 10.1. The lowest BCUT2D eigenvalue weighted by Crippen LogP contribution is -2.46. The van der Waals surface area contributed by atoms with Crippen molar-refractivity contribution in [2.24, 2.45) is 0 Å². The van der Waals surface area contributed by atoms with E-state index in [1.165, 1.54) is 0 Å². The van der Waals surface area contributed by atoms with Crippen molar-refractivity contribution in [1.29, 1.82) is 0 Å². The average molecular weight is 216 g/mol. The minimum absolute atomic E-state index is 0.189. The zero-order chi connectivity index (χ0) is 10.9. The molecular weight excluding hydrogens is 196 g/mol. The van der Waals surface area contributed by atoms with Gasteiger partial charge in [0.25, 0.3) is 0 Å². The number of hydrogen-bond acceptors (Lipinski definition) is 4. The Bertz CT molecular complexity index is 182. The third-order valence-electron chi connectivity index (χ3n) is 2.36. The number of methoxy groups -OCH3 is 1. The molecule has 0 aromatic rings. The fourth-order valence-corrected chi connectivity index (χ4v) is 1.48. The Labute approximate surface area is 90.7 Å². The van der Waals surface area contributed by atoms with Crippen molar-refractivity contribution >= 4 is 5.91 Å². The van der Waals surface area contributed by atoms with Gasteiger partial charge >= 0.3 is 0 Å². The second-order valence-corrected chi connectivity index (χ2v) is 3.49. The van der Waals surface area contributed by atoms with E-state index in [4.69, 9.17) is 9.47 Å². The van der Waals surface area contributed by atoms with Gasteiger partial charge in [0.15, 0.2) is 0 Å². The molecule has 0 aromatic heterocycles. The number of carbonyl (C=O) groups is 1. The van der Waals surface area contributed by atoms with Gasteiger partial charge < -0.3 is 19.7 Å². The monoisotopic (exact) mass is 216 g/mol. The van der Waals surface area contributed by atoms with Crippen molar-refractivity contribution in [2.45, 2.75) is 6.42 Å². The van der Waals surface area contributed by atoms with Crippen LogP contribution in [0, 0.1) is 0 Å². The predicted molar refractivity (Wildman–Crippen MR) is 56.8 cm³/mol. The SMILES string of the molecule is COCCOCCC(=O)N1CCNCC1. The number of rotatable bonds is 6. The highest BCUT2D eigenvalue weighted by Gasteiger charge is 2.15. The van der Waals surface area contributed by atoms with Gasteiger partial charge in [0.1, 0.15) is 0 Å². The number of nitrogens with one attached hydrogen (secondary N) is 1. The van der Waals surface area contributed by atoms with Crippen molar-refractivity contribution in [1.82, 2.24) is 10.2 Å². The lowest BCUT2D eigenvalue weighted by atomic mass is 10.3. The molecule has 1 fully saturated rings. The molecule has 1 heterocycles. The van der Waals surface area contributed by atoms with Gasteiger partial charge in [-0.15, -0.1) is 0 Å². The Balaban J connectivity index is 2.02. The number of carbonyl (C=O) groups excluding carboxylic acids is 1. The minimum Gasteiger partial charge on any atom is -0.382 e. The van der Waals surface area contributed by atoms with Gasteiger partial charge in [-0.2, -0.15) is 0 Å². The van der Waals surface area contributed by atoms with Crippen LogP contribution in [0.15, 0.2) is 0 Å². The van der Waals surface area contributed by atoms with E-state index in [2.05, 4.69) is 5.32 Å². The summed E-state index contributed by atoms with van der Waals surface area (Å²) in [5, 5.41) is 3.21. The molecule has 1 saturated heterocycles. The maximum Gasteiger partial charge on any atom is 0.224 e. The highest BCUT2D eigenvalue weighted by molar-refractivity contribution is 5.76. The van der Waals surface area contributed by atoms with Crippen molar-refractivity contribution in [2.75, 3.05) is 53.1 Å². The highest BCUT2D eigenvalue weighted by Crippen LogP contribution is 1.97. The lowest BCUT2D eigenvalue weighted by Gasteiger charge is -2.27. The van der Waals surface area contributed by atoms with Gasteiger partial charge in [0, 0.05) is 33.3 Å². The molecule has 1 amide bonds. The average Bonchev–Trinajstić information content (AvgIpc) is 2.30. The predicted octanol–water partition coefficient (Wildman–Crippen LogP) is -0.529. The third kappa shape index (κ3) is 5.11. The second kappa shape index (κ2) is 7.62. The summed E-state index contributed by atoms with van der Waals surface area (Å²) in [5.41, 5.74) is 0. The standard InChI is InChI=1S/C10H20N2O3/c1-14-8-9-15-7-2-10(13)12-5-3-11-4-6-12/h11H,2-9H2,1H3. The molecular formula is C10H20N2O3. The summed E-state index contributed by atoms with van der Waals surface area (Å²) in [5.74, 6) is 0.189. The van der Waals surface area contributed by atoms with Gasteiger partial charge in [-0.1, -0.05) is 0 Å². The van der Waals surface area contributed by atoms with Gasteiger partial charge in [0.05, 0.1) is 26.2 Å². The molecule has 0 aromatic carbocycles. The van der Waals surface area contributed by atoms with Crippen LogP contribution in [0.3, 0.4) is 0 Å². The van der Waals surface area contributed by atoms with Gasteiger partial charge in [-0.25, -0.2) is 0 Å². The van der Waals surface area contributed by atoms with Crippen LogP contribution in [0.4, 0.5) is 0 Å². The van der Waals surface area contributed by atoms with Gasteiger partial charge in [0.2, 0.25) is 5.91 Å². The molecule has 0 spiro atoms. The van der Waals surface area contributed by atoms with Crippen LogP contribution < -0.4 is 5.32 Å². The molecule has 0 saturated carbocycles. The molecule has 0 unspecified atom stereocenters. The Kier molecular flexibility index (Phi) is 6.31. The lowest BCUT2D eigenvalue weighted by molar-refractivity contribution is -0.133. The Hall–Kier alpha value is -0.650. The third-order valence-corrected chi connectivity index (χ3v) is 2.36. The molecule has 0 atom stereocenters. The summed E-state index contributed by atoms with van der Waals surface area (Å²) in [6.07, 6.45) is 0.476. The Morgan fingerprint density at radius 1 is 1.27 bits per heavy atom. The first-order chi connectivity index (χ1) is 7.34. The topological polar surface area (TPSA) is 50.8 Å². The maximum atomic E-state index is 11.6. The molecule has 1 rings (SSSR count). The van der Waals surface area contributed by atoms with Crippen molar-refractivity contribution in [3.63, 3.8) is 0 Å². The smallest absolute Gasteiger partial charge is 0.224 e. The Morgan fingerprint density at radius 3 is 2.67 bits per heavy atom. The van der Waals surface area contributed by atoms with Crippen molar-refractivity contribution < 1.29 is 14.3 Å². The molecule has 1 N–H and O–H groups in total. The van der Waals surface area contributed by atoms with E-state index < -0.39 is 0 Å². The molecule has 0 radical (unpaired) electrons. The van der Waals surface area contributed by atoms with E-state index in [0.29, 0.717) is 26.2 Å². The van der Waals surface area contributed by atoms with Crippen LogP contribution >= 0.6 is 0 Å². The van der Waals surface area contributed by atoms with E-state index >= 15 is 0 Å². The molecule has 1 aliphatic rings. The fourth-order valence-electron chi connectivity index (χ4n) is 1.48. The minimum atomic E-state index is 0.189.